The third-order valence-corrected chi connectivity index (χ3v) is 2.00. The van der Waals surface area contributed by atoms with Gasteiger partial charge in [0.25, 0.3) is 0 Å². The van der Waals surface area contributed by atoms with Crippen LogP contribution in [0.15, 0.2) is 24.4 Å². The average molecular weight is 219 g/mol. The summed E-state index contributed by atoms with van der Waals surface area (Å²) in [5, 5.41) is 17.9. The number of hydrogen-bond acceptors (Lipinski definition) is 5. The van der Waals surface area contributed by atoms with Gasteiger partial charge in [-0.2, -0.15) is 0 Å². The Morgan fingerprint density at radius 2 is 2.38 bits per heavy atom. The minimum Gasteiger partial charge on any atom is -0.490 e. The molecule has 81 valence electrons. The number of benzene rings is 1. The Balaban J connectivity index is 2.49. The molecule has 0 atom stereocenters. The normalized spacial score (nSPS) is 10.1. The van der Waals surface area contributed by atoms with Crippen LogP contribution in [0, 0.1) is 16.3 Å². The molecule has 2 aromatic rings. The van der Waals surface area contributed by atoms with E-state index >= 15 is 0 Å². The van der Waals surface area contributed by atoms with Crippen LogP contribution in [0.2, 0.25) is 0 Å². The number of ether oxygens (including phenoxy) is 1. The minimum absolute atomic E-state index is 0.0876. The highest BCUT2D eigenvalue weighted by Gasteiger charge is 2.15. The SMILES string of the molecule is COc1cc(-n2c[c]nn2)ccc1[N+](=O)[O-]. The second kappa shape index (κ2) is 3.97. The lowest BCUT2D eigenvalue weighted by atomic mass is 10.2. The molecule has 0 unspecified atom stereocenters. The molecule has 1 aromatic heterocycles. The lowest BCUT2D eigenvalue weighted by molar-refractivity contribution is -0.385. The van der Waals surface area contributed by atoms with Gasteiger partial charge in [0.05, 0.1) is 23.9 Å². The molecule has 0 spiro atoms. The zero-order valence-electron chi connectivity index (χ0n) is 8.32. The van der Waals surface area contributed by atoms with Gasteiger partial charge in [-0.05, 0) is 6.07 Å². The Morgan fingerprint density at radius 3 is 2.94 bits per heavy atom. The molecular weight excluding hydrogens is 212 g/mol. The Labute approximate surface area is 90.4 Å². The molecule has 0 N–H and O–H groups in total. The van der Waals surface area contributed by atoms with E-state index in [2.05, 4.69) is 16.5 Å². The summed E-state index contributed by atoms with van der Waals surface area (Å²) in [5.41, 5.74) is 0.534. The highest BCUT2D eigenvalue weighted by molar-refractivity contribution is 5.52. The second-order valence-corrected chi connectivity index (χ2v) is 2.91. The van der Waals surface area contributed by atoms with E-state index in [4.69, 9.17) is 4.74 Å². The third kappa shape index (κ3) is 1.70. The van der Waals surface area contributed by atoms with Crippen molar-refractivity contribution in [1.82, 2.24) is 15.0 Å². The fourth-order valence-corrected chi connectivity index (χ4v) is 1.27. The van der Waals surface area contributed by atoms with E-state index in [9.17, 15) is 10.1 Å². The molecular formula is C9H7N4O3. The molecule has 7 heteroatoms. The summed E-state index contributed by atoms with van der Waals surface area (Å²) in [7, 11) is 1.37. The Hall–Kier alpha value is -2.44. The van der Waals surface area contributed by atoms with Crippen molar-refractivity contribution in [3.8, 4) is 11.4 Å². The van der Waals surface area contributed by atoms with Gasteiger partial charge in [-0.15, -0.1) is 5.10 Å². The molecule has 0 aliphatic carbocycles. The van der Waals surface area contributed by atoms with Crippen LogP contribution in [0.4, 0.5) is 5.69 Å². The van der Waals surface area contributed by atoms with Gasteiger partial charge in [-0.3, -0.25) is 10.1 Å². The summed E-state index contributed by atoms with van der Waals surface area (Å²) in [6, 6.07) is 4.43. The summed E-state index contributed by atoms with van der Waals surface area (Å²) < 4.78 is 6.37. The Kier molecular flexibility index (Phi) is 2.50. The molecule has 0 aliphatic heterocycles. The van der Waals surface area contributed by atoms with Crippen LogP contribution in [0.5, 0.6) is 5.75 Å². The lowest BCUT2D eigenvalue weighted by Gasteiger charge is -2.04. The van der Waals surface area contributed by atoms with Gasteiger partial charge in [0.15, 0.2) is 5.75 Å². The van der Waals surface area contributed by atoms with Crippen molar-refractivity contribution in [2.45, 2.75) is 0 Å². The van der Waals surface area contributed by atoms with Crippen molar-refractivity contribution >= 4 is 5.69 Å². The summed E-state index contributed by atoms with van der Waals surface area (Å²) in [6.07, 6.45) is 4.04. The molecule has 0 fully saturated rings. The monoisotopic (exact) mass is 219 g/mol. The number of hydrogen-bond donors (Lipinski definition) is 0. The predicted molar refractivity (Wildman–Crippen MR) is 53.4 cm³/mol. The van der Waals surface area contributed by atoms with Gasteiger partial charge < -0.3 is 4.74 Å². The molecule has 7 nitrogen and oxygen atoms in total. The average Bonchev–Trinajstić information content (AvgIpc) is 2.81. The first-order valence-electron chi connectivity index (χ1n) is 4.33. The number of methoxy groups -OCH3 is 1. The van der Waals surface area contributed by atoms with Crippen LogP contribution in [0.25, 0.3) is 5.69 Å². The molecule has 1 heterocycles. The predicted octanol–water partition coefficient (Wildman–Crippen LogP) is 0.984. The van der Waals surface area contributed by atoms with Gasteiger partial charge in [-0.1, -0.05) is 5.21 Å². The summed E-state index contributed by atoms with van der Waals surface area (Å²) in [6.45, 7) is 0. The molecule has 0 amide bonds. The second-order valence-electron chi connectivity index (χ2n) is 2.91. The third-order valence-electron chi connectivity index (χ3n) is 2.00. The van der Waals surface area contributed by atoms with Crippen molar-refractivity contribution < 1.29 is 9.66 Å². The zero-order valence-corrected chi connectivity index (χ0v) is 8.32. The standard InChI is InChI=1S/C9H7N4O3/c1-16-9-6-7(12-5-4-10-11-12)2-3-8(9)13(14)15/h2-3,5-6H,1H3. The first-order chi connectivity index (χ1) is 7.72. The van der Waals surface area contributed by atoms with Crippen LogP contribution in [-0.2, 0) is 0 Å². The fraction of sp³-hybridized carbons (Fsp3) is 0.111. The van der Waals surface area contributed by atoms with Gasteiger partial charge in [-0.25, -0.2) is 4.68 Å². The number of aromatic nitrogens is 3. The zero-order chi connectivity index (χ0) is 11.5. The van der Waals surface area contributed by atoms with E-state index in [1.54, 1.807) is 6.07 Å². The smallest absolute Gasteiger partial charge is 0.311 e. The largest absolute Gasteiger partial charge is 0.490 e. The molecule has 0 saturated heterocycles. The van der Waals surface area contributed by atoms with Crippen LogP contribution in [0.1, 0.15) is 0 Å². The van der Waals surface area contributed by atoms with E-state index < -0.39 is 4.92 Å². The number of rotatable bonds is 3. The molecule has 16 heavy (non-hydrogen) atoms. The highest BCUT2D eigenvalue weighted by Crippen LogP contribution is 2.28. The van der Waals surface area contributed by atoms with Crippen molar-refractivity contribution in [2.75, 3.05) is 7.11 Å². The van der Waals surface area contributed by atoms with Crippen LogP contribution in [-0.4, -0.2) is 27.0 Å². The Morgan fingerprint density at radius 1 is 1.56 bits per heavy atom. The minimum atomic E-state index is -0.504. The molecule has 0 aliphatic rings. The molecule has 0 saturated carbocycles. The van der Waals surface area contributed by atoms with Crippen LogP contribution >= 0.6 is 0 Å². The first-order valence-corrected chi connectivity index (χ1v) is 4.33. The summed E-state index contributed by atoms with van der Waals surface area (Å²) in [4.78, 5) is 10.2. The molecule has 0 bridgehead atoms. The lowest BCUT2D eigenvalue weighted by Crippen LogP contribution is -1.98. The Bertz CT molecular complexity index is 509. The van der Waals surface area contributed by atoms with E-state index in [1.807, 2.05) is 0 Å². The van der Waals surface area contributed by atoms with Gasteiger partial charge >= 0.3 is 5.69 Å². The highest BCUT2D eigenvalue weighted by atomic mass is 16.6. The van der Waals surface area contributed by atoms with Crippen molar-refractivity contribution in [3.05, 3.63) is 40.7 Å². The van der Waals surface area contributed by atoms with Gasteiger partial charge in [0, 0.05) is 12.1 Å². The maximum Gasteiger partial charge on any atom is 0.311 e. The van der Waals surface area contributed by atoms with Crippen molar-refractivity contribution in [3.63, 3.8) is 0 Å². The van der Waals surface area contributed by atoms with E-state index in [0.717, 1.165) is 0 Å². The van der Waals surface area contributed by atoms with Crippen molar-refractivity contribution in [1.29, 1.82) is 0 Å². The maximum atomic E-state index is 10.7. The van der Waals surface area contributed by atoms with Crippen molar-refractivity contribution in [2.24, 2.45) is 0 Å². The van der Waals surface area contributed by atoms with Gasteiger partial charge in [0.2, 0.25) is 0 Å². The van der Waals surface area contributed by atoms with E-state index in [-0.39, 0.29) is 11.4 Å². The van der Waals surface area contributed by atoms with E-state index in [0.29, 0.717) is 5.69 Å². The molecule has 2 rings (SSSR count). The number of nitro benzene ring substituents is 1. The van der Waals surface area contributed by atoms with Gasteiger partial charge in [0.1, 0.15) is 6.20 Å². The molecule has 1 radical (unpaired) electrons. The number of nitrogens with zero attached hydrogens (tertiary/aromatic N) is 4. The molecule has 1 aromatic carbocycles. The van der Waals surface area contributed by atoms with Crippen LogP contribution in [0.3, 0.4) is 0 Å². The summed E-state index contributed by atoms with van der Waals surface area (Å²) >= 11 is 0. The fourth-order valence-electron chi connectivity index (χ4n) is 1.27. The number of nitro groups is 1. The maximum absolute atomic E-state index is 10.7. The topological polar surface area (TPSA) is 83.1 Å². The van der Waals surface area contributed by atoms with E-state index in [1.165, 1.54) is 30.1 Å². The van der Waals surface area contributed by atoms with Crippen LogP contribution < -0.4 is 4.74 Å². The quantitative estimate of drug-likeness (QED) is 0.567. The summed E-state index contributed by atoms with van der Waals surface area (Å²) in [5.74, 6) is 0.179. The first kappa shape index (κ1) is 10.1.